The van der Waals surface area contributed by atoms with Crippen molar-refractivity contribution >= 4 is 23.2 Å². The van der Waals surface area contributed by atoms with Crippen LogP contribution in [0.1, 0.15) is 65.7 Å². The summed E-state index contributed by atoms with van der Waals surface area (Å²) in [6, 6.07) is 0. The highest BCUT2D eigenvalue weighted by molar-refractivity contribution is 6.26. The number of hydrogen-bond acceptors (Lipinski definition) is 6. The Balaban J connectivity index is 1.70. The number of fused-ring (bicyclic) bond motifs is 3. The summed E-state index contributed by atoms with van der Waals surface area (Å²) in [5, 5.41) is 21.4. The largest absolute Gasteiger partial charge is 0.391 e. The number of alkyl halides is 1. The van der Waals surface area contributed by atoms with Gasteiger partial charge < -0.3 is 19.7 Å². The van der Waals surface area contributed by atoms with Crippen LogP contribution in [-0.2, 0) is 19.1 Å². The lowest BCUT2D eigenvalue weighted by Gasteiger charge is -2.70. The Kier molecular flexibility index (Phi) is 4.33. The number of halogens is 1. The topological polar surface area (TPSA) is 93.1 Å². The Labute approximate surface area is 181 Å². The van der Waals surface area contributed by atoms with E-state index in [1.54, 1.807) is 13.0 Å². The number of rotatable bonds is 2. The smallest absolute Gasteiger partial charge is 0.190 e. The van der Waals surface area contributed by atoms with Gasteiger partial charge in [-0.25, -0.2) is 0 Å². The van der Waals surface area contributed by atoms with Crippen molar-refractivity contribution < 1.29 is 29.3 Å². The molecule has 4 aliphatic carbocycles. The molecular weight excluding hydrogens is 408 g/mol. The average Bonchev–Trinajstić information content (AvgIpc) is 2.82. The maximum Gasteiger partial charge on any atom is 0.190 e. The molecule has 1 saturated heterocycles. The molecule has 3 saturated carbocycles. The predicted octanol–water partition coefficient (Wildman–Crippen LogP) is 2.67. The number of carbonyl (C=O) groups is 2. The van der Waals surface area contributed by atoms with Gasteiger partial charge in [-0.1, -0.05) is 19.4 Å². The molecule has 0 radical (unpaired) electrons. The van der Waals surface area contributed by atoms with Gasteiger partial charge in [-0.15, -0.1) is 11.6 Å². The standard InChI is InChI=1S/C23H31ClO6/c1-13-29-21-8-9-22(30-13,18(28)12-25)20(21,3)11-17(27)23(24)16(21)5-4-14-10-15(26)6-7-19(14,23)2/h10,13,16-17,25,27H,4-9,11-12H2,1-3H3/t13?,16-,17-,19-,20-,21+,22+,23-/m0/s1. The van der Waals surface area contributed by atoms with E-state index >= 15 is 0 Å². The maximum absolute atomic E-state index is 13.0. The summed E-state index contributed by atoms with van der Waals surface area (Å²) in [7, 11) is 0. The monoisotopic (exact) mass is 438 g/mol. The third-order valence-electron chi connectivity index (χ3n) is 9.63. The molecule has 1 unspecified atom stereocenters. The number of allylic oxidation sites excluding steroid dienone is 1. The van der Waals surface area contributed by atoms with Crippen molar-refractivity contribution in [2.75, 3.05) is 6.61 Å². The van der Waals surface area contributed by atoms with E-state index in [4.69, 9.17) is 21.1 Å². The molecule has 2 bridgehead atoms. The van der Waals surface area contributed by atoms with Gasteiger partial charge in [-0.05, 0) is 51.5 Å². The van der Waals surface area contributed by atoms with Crippen LogP contribution in [0.15, 0.2) is 11.6 Å². The molecule has 8 atom stereocenters. The third kappa shape index (κ3) is 2.06. The van der Waals surface area contributed by atoms with E-state index in [9.17, 15) is 19.8 Å². The van der Waals surface area contributed by atoms with Gasteiger partial charge in [0.25, 0.3) is 0 Å². The van der Waals surface area contributed by atoms with Crippen molar-refractivity contribution in [3.8, 4) is 0 Å². The minimum Gasteiger partial charge on any atom is -0.391 e. The predicted molar refractivity (Wildman–Crippen MR) is 109 cm³/mol. The zero-order valence-electron chi connectivity index (χ0n) is 17.9. The van der Waals surface area contributed by atoms with Crippen LogP contribution in [0.5, 0.6) is 0 Å². The Hall–Kier alpha value is -0.790. The van der Waals surface area contributed by atoms with Gasteiger partial charge in [0, 0.05) is 23.2 Å². The first-order chi connectivity index (χ1) is 14.0. The summed E-state index contributed by atoms with van der Waals surface area (Å²) in [5.74, 6) is -0.420. The van der Waals surface area contributed by atoms with Gasteiger partial charge >= 0.3 is 0 Å². The summed E-state index contributed by atoms with van der Waals surface area (Å²) in [4.78, 5) is 24.2. The number of aliphatic hydroxyl groups is 2. The van der Waals surface area contributed by atoms with Crippen molar-refractivity contribution in [2.24, 2.45) is 16.7 Å². The molecule has 2 N–H and O–H groups in total. The Morgan fingerprint density at radius 1 is 1.23 bits per heavy atom. The zero-order chi connectivity index (χ0) is 21.7. The second-order valence-corrected chi connectivity index (χ2v) is 11.1. The van der Waals surface area contributed by atoms with Crippen LogP contribution in [0.3, 0.4) is 0 Å². The second-order valence-electron chi connectivity index (χ2n) is 10.5. The highest BCUT2D eigenvalue weighted by atomic mass is 35.5. The second kappa shape index (κ2) is 6.16. The fourth-order valence-corrected chi connectivity index (χ4v) is 8.78. The normalized spacial score (nSPS) is 54.7. The lowest BCUT2D eigenvalue weighted by molar-refractivity contribution is -0.370. The quantitative estimate of drug-likeness (QED) is 0.644. The first-order valence-corrected chi connectivity index (χ1v) is 11.5. The fourth-order valence-electron chi connectivity index (χ4n) is 8.20. The fraction of sp³-hybridized carbons (Fsp3) is 0.826. The minimum absolute atomic E-state index is 0.124. The van der Waals surface area contributed by atoms with Crippen molar-refractivity contribution in [3.63, 3.8) is 0 Å². The minimum atomic E-state index is -1.18. The molecule has 166 valence electrons. The Morgan fingerprint density at radius 3 is 2.67 bits per heavy atom. The highest BCUT2D eigenvalue weighted by Gasteiger charge is 2.82. The third-order valence-corrected chi connectivity index (χ3v) is 10.6. The molecule has 4 fully saturated rings. The summed E-state index contributed by atoms with van der Waals surface area (Å²) >= 11 is 7.51. The van der Waals surface area contributed by atoms with Crippen LogP contribution < -0.4 is 0 Å². The molecule has 7 heteroatoms. The molecule has 1 aliphatic heterocycles. The molecule has 5 aliphatic rings. The molecule has 0 aromatic heterocycles. The SMILES string of the molecule is CC1O[C@@]2(C(=O)CO)CC[C@@]3(O1)[C@@H]1CCC4=CC(=O)CC[C@]4(C)[C@@]1(Cl)[C@@H](O)C[C@]23C. The molecular formula is C23H31ClO6. The van der Waals surface area contributed by atoms with E-state index in [1.807, 2.05) is 6.92 Å². The molecule has 5 rings (SSSR count). The van der Waals surface area contributed by atoms with E-state index in [0.29, 0.717) is 32.1 Å². The van der Waals surface area contributed by atoms with E-state index in [-0.39, 0.29) is 23.9 Å². The van der Waals surface area contributed by atoms with Gasteiger partial charge in [0.1, 0.15) is 12.2 Å². The Morgan fingerprint density at radius 2 is 1.97 bits per heavy atom. The maximum atomic E-state index is 13.0. The summed E-state index contributed by atoms with van der Waals surface area (Å²) in [5.41, 5.74) is -2.20. The summed E-state index contributed by atoms with van der Waals surface area (Å²) in [6.07, 6.45) is 3.97. The van der Waals surface area contributed by atoms with Crippen LogP contribution in [0.2, 0.25) is 0 Å². The lowest BCUT2D eigenvalue weighted by Crippen LogP contribution is -2.78. The first-order valence-electron chi connectivity index (χ1n) is 11.1. The van der Waals surface area contributed by atoms with Crippen LogP contribution in [0, 0.1) is 16.7 Å². The molecule has 0 aromatic rings. The zero-order valence-corrected chi connectivity index (χ0v) is 18.6. The summed E-state index contributed by atoms with van der Waals surface area (Å²) in [6.45, 7) is 5.24. The van der Waals surface area contributed by atoms with Crippen LogP contribution in [0.25, 0.3) is 0 Å². The van der Waals surface area contributed by atoms with Crippen molar-refractivity contribution in [2.45, 2.75) is 94.2 Å². The Bertz CT molecular complexity index is 857. The van der Waals surface area contributed by atoms with Crippen molar-refractivity contribution in [1.82, 2.24) is 0 Å². The van der Waals surface area contributed by atoms with Gasteiger partial charge in [0.2, 0.25) is 0 Å². The van der Waals surface area contributed by atoms with E-state index < -0.39 is 45.9 Å². The van der Waals surface area contributed by atoms with Gasteiger partial charge in [0.15, 0.2) is 17.9 Å². The molecule has 6 nitrogen and oxygen atoms in total. The average molecular weight is 439 g/mol. The first kappa shape index (κ1) is 21.1. The number of carbonyl (C=O) groups excluding carboxylic acids is 2. The molecule has 1 heterocycles. The number of hydrogen-bond donors (Lipinski definition) is 2. The van der Waals surface area contributed by atoms with E-state index in [0.717, 1.165) is 12.0 Å². The van der Waals surface area contributed by atoms with E-state index in [2.05, 4.69) is 6.92 Å². The van der Waals surface area contributed by atoms with Gasteiger partial charge in [0.05, 0.1) is 16.6 Å². The highest BCUT2D eigenvalue weighted by Crippen LogP contribution is 2.75. The van der Waals surface area contributed by atoms with Crippen LogP contribution in [0.4, 0.5) is 0 Å². The number of ketones is 2. The van der Waals surface area contributed by atoms with Gasteiger partial charge in [-0.2, -0.15) is 0 Å². The van der Waals surface area contributed by atoms with Gasteiger partial charge in [-0.3, -0.25) is 9.59 Å². The molecule has 0 spiro atoms. The molecule has 30 heavy (non-hydrogen) atoms. The number of ether oxygens (including phenoxy) is 2. The summed E-state index contributed by atoms with van der Waals surface area (Å²) < 4.78 is 12.7. The van der Waals surface area contributed by atoms with E-state index in [1.165, 1.54) is 0 Å². The van der Waals surface area contributed by atoms with Crippen LogP contribution in [-0.4, -0.2) is 56.9 Å². The number of Topliss-reactive ketones (excluding diaryl/α,β-unsaturated/α-hetero) is 1. The molecule has 0 aromatic carbocycles. The van der Waals surface area contributed by atoms with Crippen LogP contribution >= 0.6 is 11.6 Å². The van der Waals surface area contributed by atoms with Crippen molar-refractivity contribution in [1.29, 1.82) is 0 Å². The molecule has 0 amide bonds. The lowest BCUT2D eigenvalue weighted by atomic mass is 9.43. The number of aliphatic hydroxyl groups excluding tert-OH is 2. The van der Waals surface area contributed by atoms with Crippen molar-refractivity contribution in [3.05, 3.63) is 11.6 Å².